The highest BCUT2D eigenvalue weighted by Crippen LogP contribution is 2.24. The Hall–Kier alpha value is -1.99. The standard InChI is InChI=1S/C11H12F4N2O2/c1-19-8-3-2-6(4-7(8)16)5-17-10(18)11(14,15)9(12)13/h2-4,9H,5,16H2,1H3,(H,17,18). The lowest BCUT2D eigenvalue weighted by Crippen LogP contribution is -2.44. The van der Waals surface area contributed by atoms with E-state index in [1.165, 1.54) is 25.3 Å². The van der Waals surface area contributed by atoms with Crippen molar-refractivity contribution in [1.82, 2.24) is 5.32 Å². The number of hydrogen-bond acceptors (Lipinski definition) is 3. The molecule has 8 heteroatoms. The zero-order valence-electron chi connectivity index (χ0n) is 9.92. The number of amides is 1. The maximum Gasteiger partial charge on any atom is 0.383 e. The molecule has 0 spiro atoms. The minimum absolute atomic E-state index is 0.245. The minimum Gasteiger partial charge on any atom is -0.495 e. The molecule has 0 aliphatic heterocycles. The van der Waals surface area contributed by atoms with Crippen molar-refractivity contribution in [2.45, 2.75) is 18.9 Å². The zero-order valence-corrected chi connectivity index (χ0v) is 9.92. The number of nitrogen functional groups attached to an aromatic ring is 1. The summed E-state index contributed by atoms with van der Waals surface area (Å²) in [6.45, 7) is -0.338. The summed E-state index contributed by atoms with van der Waals surface area (Å²) in [5.41, 5.74) is 6.20. The Bertz CT molecular complexity index is 466. The van der Waals surface area contributed by atoms with Gasteiger partial charge in [0.2, 0.25) is 0 Å². The van der Waals surface area contributed by atoms with Crippen LogP contribution < -0.4 is 15.8 Å². The third-order valence-corrected chi connectivity index (χ3v) is 2.32. The molecule has 106 valence electrons. The number of rotatable bonds is 5. The molecule has 0 bridgehead atoms. The fourth-order valence-electron chi connectivity index (χ4n) is 1.29. The smallest absolute Gasteiger partial charge is 0.383 e. The van der Waals surface area contributed by atoms with E-state index in [0.717, 1.165) is 0 Å². The Kier molecular flexibility index (Phi) is 4.57. The highest BCUT2D eigenvalue weighted by atomic mass is 19.3. The molecule has 4 nitrogen and oxygen atoms in total. The number of benzene rings is 1. The fourth-order valence-corrected chi connectivity index (χ4v) is 1.29. The van der Waals surface area contributed by atoms with E-state index in [1.807, 2.05) is 0 Å². The Morgan fingerprint density at radius 2 is 2.11 bits per heavy atom. The molecule has 1 aromatic rings. The lowest BCUT2D eigenvalue weighted by molar-refractivity contribution is -0.169. The quantitative estimate of drug-likeness (QED) is 0.638. The molecule has 1 amide bonds. The van der Waals surface area contributed by atoms with E-state index < -0.39 is 18.3 Å². The van der Waals surface area contributed by atoms with Crippen molar-refractivity contribution in [1.29, 1.82) is 0 Å². The number of nitrogens with two attached hydrogens (primary N) is 1. The van der Waals surface area contributed by atoms with Gasteiger partial charge in [0.25, 0.3) is 5.91 Å². The number of anilines is 1. The molecule has 0 saturated carbocycles. The van der Waals surface area contributed by atoms with E-state index in [4.69, 9.17) is 10.5 Å². The molecular weight excluding hydrogens is 268 g/mol. The number of alkyl halides is 4. The normalized spacial score (nSPS) is 11.5. The molecule has 0 atom stereocenters. The third-order valence-electron chi connectivity index (χ3n) is 2.32. The van der Waals surface area contributed by atoms with Crippen molar-refractivity contribution < 1.29 is 27.1 Å². The summed E-state index contributed by atoms with van der Waals surface area (Å²) in [4.78, 5) is 10.9. The van der Waals surface area contributed by atoms with Gasteiger partial charge in [-0.15, -0.1) is 0 Å². The highest BCUT2D eigenvalue weighted by Gasteiger charge is 2.48. The van der Waals surface area contributed by atoms with E-state index in [-0.39, 0.29) is 12.2 Å². The van der Waals surface area contributed by atoms with E-state index in [2.05, 4.69) is 0 Å². The van der Waals surface area contributed by atoms with Crippen LogP contribution in [0.3, 0.4) is 0 Å². The Morgan fingerprint density at radius 3 is 2.58 bits per heavy atom. The molecule has 0 saturated heterocycles. The first-order chi connectivity index (χ1) is 8.78. The van der Waals surface area contributed by atoms with Gasteiger partial charge in [0.1, 0.15) is 5.75 Å². The highest BCUT2D eigenvalue weighted by molar-refractivity contribution is 5.83. The van der Waals surface area contributed by atoms with Gasteiger partial charge in [-0.1, -0.05) is 6.07 Å². The van der Waals surface area contributed by atoms with E-state index in [0.29, 0.717) is 11.3 Å². The van der Waals surface area contributed by atoms with Crippen LogP contribution in [0, 0.1) is 0 Å². The van der Waals surface area contributed by atoms with Crippen LogP contribution in [-0.4, -0.2) is 25.4 Å². The first-order valence-electron chi connectivity index (χ1n) is 5.15. The number of carbonyl (C=O) groups excluding carboxylic acids is 1. The van der Waals surface area contributed by atoms with Gasteiger partial charge in [0.05, 0.1) is 12.8 Å². The summed E-state index contributed by atoms with van der Waals surface area (Å²) >= 11 is 0. The maximum absolute atomic E-state index is 12.6. The van der Waals surface area contributed by atoms with Crippen molar-refractivity contribution in [2.24, 2.45) is 0 Å². The van der Waals surface area contributed by atoms with Gasteiger partial charge in [-0.2, -0.15) is 8.78 Å². The molecule has 0 aromatic heterocycles. The first kappa shape index (κ1) is 15.1. The average Bonchev–Trinajstić information content (AvgIpc) is 2.35. The summed E-state index contributed by atoms with van der Waals surface area (Å²) in [6, 6.07) is 4.33. The van der Waals surface area contributed by atoms with Gasteiger partial charge in [0, 0.05) is 6.54 Å². The third kappa shape index (κ3) is 3.49. The first-order valence-corrected chi connectivity index (χ1v) is 5.15. The van der Waals surface area contributed by atoms with Crippen LogP contribution in [0.1, 0.15) is 5.56 Å². The minimum atomic E-state index is -4.71. The zero-order chi connectivity index (χ0) is 14.6. The van der Waals surface area contributed by atoms with E-state index >= 15 is 0 Å². The van der Waals surface area contributed by atoms with Gasteiger partial charge in [-0.05, 0) is 17.7 Å². The van der Waals surface area contributed by atoms with Crippen LogP contribution >= 0.6 is 0 Å². The fraction of sp³-hybridized carbons (Fsp3) is 0.364. The molecule has 0 radical (unpaired) electrons. The van der Waals surface area contributed by atoms with Crippen molar-refractivity contribution in [3.8, 4) is 5.75 Å². The van der Waals surface area contributed by atoms with Crippen molar-refractivity contribution in [2.75, 3.05) is 12.8 Å². The summed E-state index contributed by atoms with van der Waals surface area (Å²) in [5.74, 6) is -6.36. The summed E-state index contributed by atoms with van der Waals surface area (Å²) in [6.07, 6.45) is -4.05. The van der Waals surface area contributed by atoms with Crippen LogP contribution in [-0.2, 0) is 11.3 Å². The summed E-state index contributed by atoms with van der Waals surface area (Å²) in [5, 5.41) is 1.72. The number of methoxy groups -OCH3 is 1. The summed E-state index contributed by atoms with van der Waals surface area (Å²) in [7, 11) is 1.40. The van der Waals surface area contributed by atoms with E-state index in [9.17, 15) is 22.4 Å². The van der Waals surface area contributed by atoms with Crippen LogP contribution in [0.25, 0.3) is 0 Å². The Morgan fingerprint density at radius 1 is 1.47 bits per heavy atom. The SMILES string of the molecule is COc1ccc(CNC(=O)C(F)(F)C(F)F)cc1N. The summed E-state index contributed by atoms with van der Waals surface area (Å²) < 4.78 is 54.0. The van der Waals surface area contributed by atoms with Gasteiger partial charge in [-0.25, -0.2) is 8.78 Å². The van der Waals surface area contributed by atoms with Gasteiger partial charge < -0.3 is 15.8 Å². The molecule has 0 aliphatic rings. The second-order valence-electron chi connectivity index (χ2n) is 3.68. The number of ether oxygens (including phenoxy) is 1. The molecule has 0 unspecified atom stereocenters. The second-order valence-corrected chi connectivity index (χ2v) is 3.68. The molecule has 1 aromatic carbocycles. The average molecular weight is 280 g/mol. The predicted molar refractivity (Wildman–Crippen MR) is 60.2 cm³/mol. The monoisotopic (exact) mass is 280 g/mol. The van der Waals surface area contributed by atoms with Crippen LogP contribution in [0.5, 0.6) is 5.75 Å². The van der Waals surface area contributed by atoms with Crippen molar-refractivity contribution >= 4 is 11.6 Å². The van der Waals surface area contributed by atoms with Crippen molar-refractivity contribution in [3.05, 3.63) is 23.8 Å². The van der Waals surface area contributed by atoms with Gasteiger partial charge >= 0.3 is 12.3 Å². The molecule has 3 N–H and O–H groups in total. The Labute approximate surface area is 106 Å². The van der Waals surface area contributed by atoms with Gasteiger partial charge in [0.15, 0.2) is 0 Å². The molecule has 0 fully saturated rings. The number of halogens is 4. The topological polar surface area (TPSA) is 64.3 Å². The lowest BCUT2D eigenvalue weighted by Gasteiger charge is -2.15. The van der Waals surface area contributed by atoms with Crippen molar-refractivity contribution in [3.63, 3.8) is 0 Å². The number of nitrogens with one attached hydrogen (secondary N) is 1. The largest absolute Gasteiger partial charge is 0.495 e. The van der Waals surface area contributed by atoms with Gasteiger partial charge in [-0.3, -0.25) is 4.79 Å². The van der Waals surface area contributed by atoms with Crippen LogP contribution in [0.4, 0.5) is 23.2 Å². The number of carbonyl (C=O) groups is 1. The molecular formula is C11H12F4N2O2. The van der Waals surface area contributed by atoms with E-state index in [1.54, 1.807) is 5.32 Å². The Balaban J connectivity index is 2.67. The molecule has 0 heterocycles. The molecule has 19 heavy (non-hydrogen) atoms. The molecule has 0 aliphatic carbocycles. The number of hydrogen-bond donors (Lipinski definition) is 2. The molecule has 1 rings (SSSR count). The second kappa shape index (κ2) is 5.77. The lowest BCUT2D eigenvalue weighted by atomic mass is 10.2. The van der Waals surface area contributed by atoms with Crippen LogP contribution in [0.2, 0.25) is 0 Å². The predicted octanol–water partition coefficient (Wildman–Crippen LogP) is 1.79. The van der Waals surface area contributed by atoms with Crippen LogP contribution in [0.15, 0.2) is 18.2 Å². The maximum atomic E-state index is 12.6.